The predicted molar refractivity (Wildman–Crippen MR) is 77.6 cm³/mol. The zero-order chi connectivity index (χ0) is 15.8. The number of ether oxygens (including phenoxy) is 1. The van der Waals surface area contributed by atoms with Crippen LogP contribution in [0.3, 0.4) is 0 Å². The van der Waals surface area contributed by atoms with Gasteiger partial charge >= 0.3 is 5.97 Å². The fourth-order valence-corrected chi connectivity index (χ4v) is 2.06. The van der Waals surface area contributed by atoms with E-state index in [-0.39, 0.29) is 22.7 Å². The largest absolute Gasteiger partial charge is 0.478 e. The smallest absolute Gasteiger partial charge is 0.337 e. The first-order valence-corrected chi connectivity index (χ1v) is 6.35. The highest BCUT2D eigenvalue weighted by Crippen LogP contribution is 2.34. The van der Waals surface area contributed by atoms with Crippen molar-refractivity contribution >= 4 is 23.5 Å². The van der Waals surface area contributed by atoms with Gasteiger partial charge in [0.2, 0.25) is 5.90 Å². The molecule has 0 atom stereocenters. The summed E-state index contributed by atoms with van der Waals surface area (Å²) in [5, 5.41) is 9.16. The number of carboxylic acids is 1. The molecule has 0 saturated heterocycles. The SMILES string of the molecule is CC1=C(C(N)=O)C(=Nc2ccccc2C(=O)O)OC1(C)C. The van der Waals surface area contributed by atoms with E-state index in [0.717, 1.165) is 0 Å². The van der Waals surface area contributed by atoms with Crippen molar-refractivity contribution in [3.05, 3.63) is 41.0 Å². The van der Waals surface area contributed by atoms with Gasteiger partial charge in [-0.25, -0.2) is 9.79 Å². The second-order valence-corrected chi connectivity index (χ2v) is 5.22. The van der Waals surface area contributed by atoms with Crippen LogP contribution >= 0.6 is 0 Å². The fraction of sp³-hybridized carbons (Fsp3) is 0.267. The first-order valence-electron chi connectivity index (χ1n) is 6.35. The molecule has 3 N–H and O–H groups in total. The van der Waals surface area contributed by atoms with Crippen LogP contribution in [0.15, 0.2) is 40.4 Å². The van der Waals surface area contributed by atoms with E-state index in [1.54, 1.807) is 39.0 Å². The van der Waals surface area contributed by atoms with Crippen molar-refractivity contribution in [2.75, 3.05) is 0 Å². The number of benzene rings is 1. The summed E-state index contributed by atoms with van der Waals surface area (Å²) < 4.78 is 5.66. The summed E-state index contributed by atoms with van der Waals surface area (Å²) in [6.45, 7) is 5.32. The molecule has 0 spiro atoms. The van der Waals surface area contributed by atoms with Crippen LogP contribution in [-0.2, 0) is 9.53 Å². The Morgan fingerprint density at radius 3 is 2.48 bits per heavy atom. The zero-order valence-electron chi connectivity index (χ0n) is 12.0. The van der Waals surface area contributed by atoms with Gasteiger partial charge in [0.25, 0.3) is 5.91 Å². The monoisotopic (exact) mass is 288 g/mol. The maximum Gasteiger partial charge on any atom is 0.337 e. The molecule has 6 heteroatoms. The second kappa shape index (κ2) is 5.05. The van der Waals surface area contributed by atoms with Crippen LogP contribution in [0.4, 0.5) is 5.69 Å². The van der Waals surface area contributed by atoms with Crippen LogP contribution in [0.5, 0.6) is 0 Å². The molecule has 0 saturated carbocycles. The van der Waals surface area contributed by atoms with Crippen molar-refractivity contribution in [2.24, 2.45) is 10.7 Å². The number of aromatic carboxylic acids is 1. The number of hydrogen-bond acceptors (Lipinski definition) is 4. The summed E-state index contributed by atoms with van der Waals surface area (Å²) in [6.07, 6.45) is 0. The average molecular weight is 288 g/mol. The Balaban J connectivity index is 2.57. The molecule has 1 aliphatic rings. The van der Waals surface area contributed by atoms with Crippen molar-refractivity contribution in [1.29, 1.82) is 0 Å². The average Bonchev–Trinajstić information content (AvgIpc) is 2.60. The van der Waals surface area contributed by atoms with Crippen LogP contribution in [-0.4, -0.2) is 28.5 Å². The van der Waals surface area contributed by atoms with Gasteiger partial charge in [-0.3, -0.25) is 4.79 Å². The van der Waals surface area contributed by atoms with E-state index < -0.39 is 17.5 Å². The van der Waals surface area contributed by atoms with Gasteiger partial charge < -0.3 is 15.6 Å². The van der Waals surface area contributed by atoms with Crippen molar-refractivity contribution in [1.82, 2.24) is 0 Å². The highest BCUT2D eigenvalue weighted by atomic mass is 16.5. The molecule has 1 aromatic carbocycles. The topological polar surface area (TPSA) is 102 Å². The van der Waals surface area contributed by atoms with E-state index in [1.165, 1.54) is 6.07 Å². The van der Waals surface area contributed by atoms with E-state index in [0.29, 0.717) is 5.57 Å². The maximum atomic E-state index is 11.6. The Bertz CT molecular complexity index is 687. The fourth-order valence-electron chi connectivity index (χ4n) is 2.06. The van der Waals surface area contributed by atoms with Crippen LogP contribution < -0.4 is 5.73 Å². The Hall–Kier alpha value is -2.63. The minimum absolute atomic E-state index is 0.0276. The molecule has 1 amide bonds. The van der Waals surface area contributed by atoms with Crippen LogP contribution in [0, 0.1) is 0 Å². The number of amides is 1. The minimum atomic E-state index is -1.10. The van der Waals surface area contributed by atoms with Crippen LogP contribution in [0.25, 0.3) is 0 Å². The summed E-state index contributed by atoms with van der Waals surface area (Å²) in [4.78, 5) is 27.0. The zero-order valence-corrected chi connectivity index (χ0v) is 12.0. The second-order valence-electron chi connectivity index (χ2n) is 5.22. The van der Waals surface area contributed by atoms with Gasteiger partial charge in [0.1, 0.15) is 11.2 Å². The molecule has 1 aliphatic heterocycles. The number of carbonyl (C=O) groups is 2. The number of nitrogens with two attached hydrogens (primary N) is 1. The van der Waals surface area contributed by atoms with E-state index in [1.807, 2.05) is 0 Å². The maximum absolute atomic E-state index is 11.6. The van der Waals surface area contributed by atoms with Crippen molar-refractivity contribution in [3.63, 3.8) is 0 Å². The molecular weight excluding hydrogens is 272 g/mol. The molecule has 0 unspecified atom stereocenters. The Kier molecular flexibility index (Phi) is 3.55. The molecule has 0 radical (unpaired) electrons. The Morgan fingerprint density at radius 2 is 1.90 bits per heavy atom. The Labute approximate surface area is 121 Å². The molecule has 21 heavy (non-hydrogen) atoms. The van der Waals surface area contributed by atoms with Gasteiger partial charge in [0.05, 0.1) is 11.3 Å². The highest BCUT2D eigenvalue weighted by Gasteiger charge is 2.38. The lowest BCUT2D eigenvalue weighted by Crippen LogP contribution is -2.22. The predicted octanol–water partition coefficient (Wildman–Crippen LogP) is 2.03. The van der Waals surface area contributed by atoms with Gasteiger partial charge in [-0.05, 0) is 38.5 Å². The number of aliphatic imine (C=N–C) groups is 1. The summed E-state index contributed by atoms with van der Waals surface area (Å²) in [5.41, 5.74) is 5.77. The quantitative estimate of drug-likeness (QED) is 0.888. The third kappa shape index (κ3) is 2.65. The van der Waals surface area contributed by atoms with E-state index in [4.69, 9.17) is 15.6 Å². The van der Waals surface area contributed by atoms with E-state index in [2.05, 4.69) is 4.99 Å². The van der Waals surface area contributed by atoms with Gasteiger partial charge in [0, 0.05) is 0 Å². The number of para-hydroxylation sites is 1. The Morgan fingerprint density at radius 1 is 1.29 bits per heavy atom. The number of rotatable bonds is 3. The molecule has 6 nitrogen and oxygen atoms in total. The number of nitrogens with zero attached hydrogens (tertiary/aromatic N) is 1. The third-order valence-electron chi connectivity index (χ3n) is 3.45. The van der Waals surface area contributed by atoms with E-state index in [9.17, 15) is 9.59 Å². The van der Waals surface area contributed by atoms with Crippen molar-refractivity contribution < 1.29 is 19.4 Å². The molecule has 0 aromatic heterocycles. The van der Waals surface area contributed by atoms with Gasteiger partial charge in [-0.2, -0.15) is 0 Å². The number of hydrogen-bond donors (Lipinski definition) is 2. The normalized spacial score (nSPS) is 18.7. The van der Waals surface area contributed by atoms with E-state index >= 15 is 0 Å². The number of primary amides is 1. The van der Waals surface area contributed by atoms with Crippen molar-refractivity contribution in [2.45, 2.75) is 26.4 Å². The van der Waals surface area contributed by atoms with Gasteiger partial charge in [-0.15, -0.1) is 0 Å². The summed E-state index contributed by atoms with van der Waals surface area (Å²) in [6, 6.07) is 6.23. The lowest BCUT2D eigenvalue weighted by Gasteiger charge is -2.19. The minimum Gasteiger partial charge on any atom is -0.478 e. The molecule has 1 aromatic rings. The molecule has 0 aliphatic carbocycles. The first-order chi connectivity index (χ1) is 9.74. The molecule has 1 heterocycles. The molecule has 0 fully saturated rings. The van der Waals surface area contributed by atoms with Crippen LogP contribution in [0.2, 0.25) is 0 Å². The summed E-state index contributed by atoms with van der Waals surface area (Å²) in [7, 11) is 0. The molecular formula is C15H16N2O4. The van der Waals surface area contributed by atoms with Crippen LogP contribution in [0.1, 0.15) is 31.1 Å². The lowest BCUT2D eigenvalue weighted by molar-refractivity contribution is -0.114. The first kappa shape index (κ1) is 14.8. The summed E-state index contributed by atoms with van der Waals surface area (Å²) in [5.74, 6) is -1.70. The molecule has 2 rings (SSSR count). The van der Waals surface area contributed by atoms with Gasteiger partial charge in [-0.1, -0.05) is 12.1 Å². The number of carbonyl (C=O) groups excluding carboxylic acids is 1. The molecule has 110 valence electrons. The highest BCUT2D eigenvalue weighted by molar-refractivity contribution is 6.21. The van der Waals surface area contributed by atoms with Crippen molar-refractivity contribution in [3.8, 4) is 0 Å². The third-order valence-corrected chi connectivity index (χ3v) is 3.45. The summed E-state index contributed by atoms with van der Waals surface area (Å²) >= 11 is 0. The lowest BCUT2D eigenvalue weighted by atomic mass is 9.97. The standard InChI is InChI=1S/C15H16N2O4/c1-8-11(12(16)18)13(21-15(8,2)3)17-10-7-5-4-6-9(10)14(19)20/h4-7H,1-3H3,(H2,16,18)(H,19,20). The van der Waals surface area contributed by atoms with Gasteiger partial charge in [0.15, 0.2) is 0 Å². The molecule has 0 bridgehead atoms. The number of carboxylic acid groups (broad SMARTS) is 1.